The van der Waals surface area contributed by atoms with Crippen LogP contribution in [0.4, 0.5) is 11.5 Å². The summed E-state index contributed by atoms with van der Waals surface area (Å²) >= 11 is 0. The summed E-state index contributed by atoms with van der Waals surface area (Å²) in [4.78, 5) is 17.2. The molecule has 1 fully saturated rings. The molecular formula is C19H24N4O2. The third kappa shape index (κ3) is 4.33. The van der Waals surface area contributed by atoms with Gasteiger partial charge in [0.25, 0.3) is 5.69 Å². The quantitative estimate of drug-likeness (QED) is 0.665. The number of benzene rings is 1. The molecule has 1 aliphatic heterocycles. The van der Waals surface area contributed by atoms with Gasteiger partial charge in [-0.1, -0.05) is 18.2 Å². The van der Waals surface area contributed by atoms with Gasteiger partial charge < -0.3 is 10.2 Å². The number of aromatic nitrogens is 1. The van der Waals surface area contributed by atoms with Crippen LogP contribution in [0.5, 0.6) is 0 Å². The summed E-state index contributed by atoms with van der Waals surface area (Å²) in [5, 5.41) is 14.4. The number of nitro benzene ring substituents is 1. The van der Waals surface area contributed by atoms with Gasteiger partial charge in [0, 0.05) is 43.5 Å². The summed E-state index contributed by atoms with van der Waals surface area (Å²) in [6, 6.07) is 11.6. The third-order valence-electron chi connectivity index (χ3n) is 4.80. The largest absolute Gasteiger partial charge is 0.357 e. The molecule has 0 aliphatic carbocycles. The molecule has 0 bridgehead atoms. The van der Waals surface area contributed by atoms with Crippen LogP contribution in [0, 0.1) is 17.0 Å². The van der Waals surface area contributed by atoms with E-state index >= 15 is 0 Å². The molecule has 1 saturated heterocycles. The van der Waals surface area contributed by atoms with Crippen molar-refractivity contribution in [3.8, 4) is 0 Å². The Labute approximate surface area is 148 Å². The van der Waals surface area contributed by atoms with E-state index in [2.05, 4.69) is 34.3 Å². The molecule has 25 heavy (non-hydrogen) atoms. The van der Waals surface area contributed by atoms with Crippen LogP contribution < -0.4 is 10.2 Å². The monoisotopic (exact) mass is 340 g/mol. The second-order valence-corrected chi connectivity index (χ2v) is 6.69. The van der Waals surface area contributed by atoms with Gasteiger partial charge in [-0.15, -0.1) is 0 Å². The van der Waals surface area contributed by atoms with E-state index in [9.17, 15) is 10.1 Å². The number of nitrogens with one attached hydrogen (secondary N) is 1. The van der Waals surface area contributed by atoms with Crippen molar-refractivity contribution in [3.63, 3.8) is 0 Å². The van der Waals surface area contributed by atoms with Gasteiger partial charge in [-0.25, -0.2) is 4.98 Å². The van der Waals surface area contributed by atoms with Crippen molar-refractivity contribution in [2.75, 3.05) is 18.0 Å². The van der Waals surface area contributed by atoms with E-state index in [4.69, 9.17) is 0 Å². The first kappa shape index (κ1) is 17.4. The first-order valence-electron chi connectivity index (χ1n) is 8.71. The zero-order valence-corrected chi connectivity index (χ0v) is 14.7. The molecule has 1 aromatic heterocycles. The highest BCUT2D eigenvalue weighted by Crippen LogP contribution is 2.22. The van der Waals surface area contributed by atoms with Gasteiger partial charge in [0.1, 0.15) is 5.82 Å². The number of rotatable bonds is 5. The van der Waals surface area contributed by atoms with Gasteiger partial charge in [-0.3, -0.25) is 10.1 Å². The topological polar surface area (TPSA) is 71.3 Å². The average molecular weight is 340 g/mol. The fourth-order valence-corrected chi connectivity index (χ4v) is 3.26. The number of nitrogens with zero attached hydrogens (tertiary/aromatic N) is 3. The lowest BCUT2D eigenvalue weighted by molar-refractivity contribution is -0.384. The van der Waals surface area contributed by atoms with Crippen LogP contribution in [0.15, 0.2) is 42.6 Å². The van der Waals surface area contributed by atoms with Crippen LogP contribution in [0.25, 0.3) is 0 Å². The van der Waals surface area contributed by atoms with Gasteiger partial charge in [0.15, 0.2) is 0 Å². The minimum atomic E-state index is -0.364. The van der Waals surface area contributed by atoms with Crippen molar-refractivity contribution in [1.29, 1.82) is 0 Å². The van der Waals surface area contributed by atoms with Gasteiger partial charge in [0.2, 0.25) is 0 Å². The molecule has 132 valence electrons. The molecule has 0 amide bonds. The Morgan fingerprint density at radius 2 is 1.88 bits per heavy atom. The number of anilines is 1. The molecule has 6 nitrogen and oxygen atoms in total. The van der Waals surface area contributed by atoms with E-state index in [0.29, 0.717) is 6.04 Å². The average Bonchev–Trinajstić information content (AvgIpc) is 2.63. The van der Waals surface area contributed by atoms with E-state index < -0.39 is 0 Å². The summed E-state index contributed by atoms with van der Waals surface area (Å²) in [7, 11) is 0. The highest BCUT2D eigenvalue weighted by atomic mass is 16.6. The second kappa shape index (κ2) is 7.61. The molecule has 0 unspecified atom stereocenters. The summed E-state index contributed by atoms with van der Waals surface area (Å²) in [5.41, 5.74) is 2.39. The van der Waals surface area contributed by atoms with Gasteiger partial charge in [0.05, 0.1) is 4.92 Å². The Balaban J connectivity index is 1.53. The highest BCUT2D eigenvalue weighted by Gasteiger charge is 2.21. The van der Waals surface area contributed by atoms with Crippen LogP contribution in [-0.2, 0) is 0 Å². The van der Waals surface area contributed by atoms with E-state index in [0.717, 1.165) is 37.3 Å². The van der Waals surface area contributed by atoms with Gasteiger partial charge >= 0.3 is 0 Å². The number of nitro groups is 1. The van der Waals surface area contributed by atoms with Crippen molar-refractivity contribution in [1.82, 2.24) is 10.3 Å². The van der Waals surface area contributed by atoms with E-state index in [1.807, 2.05) is 25.3 Å². The predicted molar refractivity (Wildman–Crippen MR) is 98.9 cm³/mol. The van der Waals surface area contributed by atoms with Crippen LogP contribution in [0.2, 0.25) is 0 Å². The van der Waals surface area contributed by atoms with Crippen molar-refractivity contribution < 1.29 is 4.92 Å². The fourth-order valence-electron chi connectivity index (χ4n) is 3.26. The Morgan fingerprint density at radius 1 is 1.20 bits per heavy atom. The molecule has 1 aromatic carbocycles. The molecule has 6 heteroatoms. The highest BCUT2D eigenvalue weighted by molar-refractivity contribution is 5.39. The minimum absolute atomic E-state index is 0.134. The molecule has 1 aliphatic rings. The maximum atomic E-state index is 10.7. The van der Waals surface area contributed by atoms with E-state index in [1.54, 1.807) is 12.1 Å². The van der Waals surface area contributed by atoms with Crippen molar-refractivity contribution in [2.24, 2.45) is 0 Å². The van der Waals surface area contributed by atoms with Crippen molar-refractivity contribution in [2.45, 2.75) is 38.8 Å². The summed E-state index contributed by atoms with van der Waals surface area (Å²) < 4.78 is 0. The molecule has 0 saturated carbocycles. The Hall–Kier alpha value is -2.47. The lowest BCUT2D eigenvalue weighted by Crippen LogP contribution is -2.43. The van der Waals surface area contributed by atoms with Crippen molar-refractivity contribution >= 4 is 11.5 Å². The molecule has 3 rings (SSSR count). The van der Waals surface area contributed by atoms with Crippen LogP contribution in [0.1, 0.15) is 36.9 Å². The number of hydrogen-bond donors (Lipinski definition) is 1. The van der Waals surface area contributed by atoms with E-state index in [1.165, 1.54) is 5.56 Å². The summed E-state index contributed by atoms with van der Waals surface area (Å²) in [6.07, 6.45) is 4.04. The Bertz CT molecular complexity index is 707. The number of pyridine rings is 1. The lowest BCUT2D eigenvalue weighted by atomic mass is 10.0. The molecule has 2 heterocycles. The number of non-ortho nitro benzene ring substituents is 1. The zero-order valence-electron chi connectivity index (χ0n) is 14.7. The van der Waals surface area contributed by atoms with E-state index in [-0.39, 0.29) is 16.7 Å². The van der Waals surface area contributed by atoms with Crippen molar-refractivity contribution in [3.05, 3.63) is 63.8 Å². The normalized spacial score (nSPS) is 16.6. The SMILES string of the molecule is Cc1ccc(N2CCC(N[C@@H](C)c3ccc([N+](=O)[O-])cc3)CC2)nc1. The Morgan fingerprint density at radius 3 is 2.44 bits per heavy atom. The number of piperidine rings is 1. The summed E-state index contributed by atoms with van der Waals surface area (Å²) in [5.74, 6) is 1.05. The van der Waals surface area contributed by atoms with Gasteiger partial charge in [-0.05, 0) is 43.9 Å². The lowest BCUT2D eigenvalue weighted by Gasteiger charge is -2.34. The molecule has 0 radical (unpaired) electrons. The standard InChI is InChI=1S/C19H24N4O2/c1-14-3-8-19(20-13-14)22-11-9-17(10-12-22)21-15(2)16-4-6-18(7-5-16)23(24)25/h3-8,13,15,17,21H,9-12H2,1-2H3/t15-/m0/s1. The minimum Gasteiger partial charge on any atom is -0.357 e. The van der Waals surface area contributed by atoms with Gasteiger partial charge in [-0.2, -0.15) is 0 Å². The second-order valence-electron chi connectivity index (χ2n) is 6.69. The summed E-state index contributed by atoms with van der Waals surface area (Å²) in [6.45, 7) is 6.13. The molecule has 0 spiro atoms. The first-order valence-corrected chi connectivity index (χ1v) is 8.71. The molecule has 2 aromatic rings. The molecule has 1 N–H and O–H groups in total. The van der Waals surface area contributed by atoms with Crippen LogP contribution in [0.3, 0.4) is 0 Å². The maximum absolute atomic E-state index is 10.7. The number of aryl methyl sites for hydroxylation is 1. The molecule has 1 atom stereocenters. The fraction of sp³-hybridized carbons (Fsp3) is 0.421. The van der Waals surface area contributed by atoms with Crippen LogP contribution >= 0.6 is 0 Å². The molecular weight excluding hydrogens is 316 g/mol. The first-order chi connectivity index (χ1) is 12.0. The predicted octanol–water partition coefficient (Wildman–Crippen LogP) is 3.62. The Kier molecular flexibility index (Phi) is 5.28. The third-order valence-corrected chi connectivity index (χ3v) is 4.80. The zero-order chi connectivity index (χ0) is 17.8. The smallest absolute Gasteiger partial charge is 0.269 e. The maximum Gasteiger partial charge on any atom is 0.269 e. The number of hydrogen-bond acceptors (Lipinski definition) is 5. The van der Waals surface area contributed by atoms with Crippen LogP contribution in [-0.4, -0.2) is 29.0 Å².